The van der Waals surface area contributed by atoms with Gasteiger partial charge in [-0.25, -0.2) is 23.6 Å². The summed E-state index contributed by atoms with van der Waals surface area (Å²) in [6.07, 6.45) is -2.38. The molecule has 0 aliphatic carbocycles. The molecule has 0 spiro atoms. The average Bonchev–Trinajstić information content (AvgIpc) is 2.80. The zero-order valence-electron chi connectivity index (χ0n) is 17.8. The molecule has 0 amide bonds. The van der Waals surface area contributed by atoms with Gasteiger partial charge in [-0.15, -0.1) is 0 Å². The number of benzene rings is 1. The van der Waals surface area contributed by atoms with Gasteiger partial charge < -0.3 is 19.4 Å². The van der Waals surface area contributed by atoms with E-state index < -0.39 is 43.4 Å². The molecule has 1 aliphatic heterocycles. The zero-order chi connectivity index (χ0) is 26.3. The Hall–Kier alpha value is -3.10. The van der Waals surface area contributed by atoms with E-state index in [1.165, 1.54) is 6.20 Å². The Morgan fingerprint density at radius 3 is 2.67 bits per heavy atom. The van der Waals surface area contributed by atoms with Crippen molar-refractivity contribution in [2.75, 3.05) is 11.4 Å². The molecule has 0 bridgehead atoms. The molecule has 2 aromatic heterocycles. The molecule has 3 aromatic rings. The van der Waals surface area contributed by atoms with E-state index in [9.17, 15) is 26.9 Å². The van der Waals surface area contributed by atoms with E-state index in [-0.39, 0.29) is 36.1 Å². The molecule has 3 heterocycles. The summed E-state index contributed by atoms with van der Waals surface area (Å²) in [7, 11) is -4.85. The van der Waals surface area contributed by atoms with E-state index in [1.54, 1.807) is 4.90 Å². The van der Waals surface area contributed by atoms with E-state index in [2.05, 4.69) is 19.6 Å². The van der Waals surface area contributed by atoms with Crippen LogP contribution in [0.4, 0.5) is 23.2 Å². The molecule has 0 atom stereocenters. The number of rotatable bonds is 6. The van der Waals surface area contributed by atoms with Crippen molar-refractivity contribution in [3.63, 3.8) is 0 Å². The SMILES string of the molecule is O=c1c(Cl)c(N2CCc3c(ncnc3Oc3ccc(F)cc3C(F)(F)F)C2)cnn1COP(=O)(O)O. The first-order valence-corrected chi connectivity index (χ1v) is 11.8. The van der Waals surface area contributed by atoms with Crippen LogP contribution in [-0.4, -0.2) is 36.1 Å². The van der Waals surface area contributed by atoms with Crippen LogP contribution < -0.4 is 15.2 Å². The number of hydrogen-bond donors (Lipinski definition) is 2. The van der Waals surface area contributed by atoms with Crippen molar-refractivity contribution in [2.24, 2.45) is 0 Å². The second-order valence-electron chi connectivity index (χ2n) is 7.41. The minimum absolute atomic E-state index is 0.0631. The molecular formula is C19H15ClF4N5O6P. The second kappa shape index (κ2) is 9.75. The first-order chi connectivity index (χ1) is 16.8. The molecule has 0 unspecified atom stereocenters. The number of anilines is 1. The average molecular weight is 552 g/mol. The maximum atomic E-state index is 13.4. The van der Waals surface area contributed by atoms with Gasteiger partial charge in [-0.3, -0.25) is 9.32 Å². The quantitative estimate of drug-likeness (QED) is 0.346. The molecule has 0 saturated carbocycles. The number of aromatic nitrogens is 4. The van der Waals surface area contributed by atoms with Gasteiger partial charge in [0.25, 0.3) is 5.56 Å². The van der Waals surface area contributed by atoms with Gasteiger partial charge in [-0.05, 0) is 24.6 Å². The predicted molar refractivity (Wildman–Crippen MR) is 115 cm³/mol. The van der Waals surface area contributed by atoms with Crippen molar-refractivity contribution in [1.29, 1.82) is 0 Å². The Morgan fingerprint density at radius 1 is 1.22 bits per heavy atom. The number of halogens is 5. The fourth-order valence-electron chi connectivity index (χ4n) is 3.43. The highest BCUT2D eigenvalue weighted by Crippen LogP contribution is 2.40. The van der Waals surface area contributed by atoms with E-state index in [1.807, 2.05) is 0 Å². The van der Waals surface area contributed by atoms with Crippen LogP contribution in [0.5, 0.6) is 11.6 Å². The smallest absolute Gasteiger partial charge is 0.438 e. The third-order valence-electron chi connectivity index (χ3n) is 5.08. The van der Waals surface area contributed by atoms with E-state index in [0.29, 0.717) is 22.0 Å². The number of nitrogens with zero attached hydrogens (tertiary/aromatic N) is 5. The van der Waals surface area contributed by atoms with Crippen molar-refractivity contribution in [1.82, 2.24) is 19.7 Å². The van der Waals surface area contributed by atoms with Crippen molar-refractivity contribution in [3.05, 3.63) is 68.7 Å². The molecule has 0 saturated heterocycles. The van der Waals surface area contributed by atoms with Crippen LogP contribution in [0.15, 0.2) is 35.5 Å². The van der Waals surface area contributed by atoms with Gasteiger partial charge in [0.2, 0.25) is 5.88 Å². The second-order valence-corrected chi connectivity index (χ2v) is 9.03. The van der Waals surface area contributed by atoms with Crippen molar-refractivity contribution >= 4 is 25.1 Å². The summed E-state index contributed by atoms with van der Waals surface area (Å²) in [6, 6.07) is 2.02. The van der Waals surface area contributed by atoms with Crippen LogP contribution in [0.2, 0.25) is 5.02 Å². The number of ether oxygens (including phenoxy) is 1. The number of fused-ring (bicyclic) bond motifs is 1. The molecule has 0 radical (unpaired) electrons. The molecular weight excluding hydrogens is 537 g/mol. The number of alkyl halides is 3. The molecule has 36 heavy (non-hydrogen) atoms. The van der Waals surface area contributed by atoms with Gasteiger partial charge in [0.15, 0.2) is 6.73 Å². The molecule has 11 nitrogen and oxygen atoms in total. The summed E-state index contributed by atoms with van der Waals surface area (Å²) in [5, 5.41) is 3.50. The lowest BCUT2D eigenvalue weighted by molar-refractivity contribution is -0.138. The Labute approximate surface area is 204 Å². The van der Waals surface area contributed by atoms with Gasteiger partial charge in [-0.1, -0.05) is 11.6 Å². The maximum absolute atomic E-state index is 13.4. The minimum Gasteiger partial charge on any atom is -0.438 e. The lowest BCUT2D eigenvalue weighted by Crippen LogP contribution is -2.34. The first kappa shape index (κ1) is 26.0. The monoisotopic (exact) mass is 551 g/mol. The third-order valence-corrected chi connectivity index (χ3v) is 5.88. The number of phosphoric ester groups is 1. The van der Waals surface area contributed by atoms with Crippen LogP contribution in [0, 0.1) is 5.82 Å². The Kier molecular flexibility index (Phi) is 7.03. The fourth-order valence-corrected chi connectivity index (χ4v) is 3.96. The molecule has 1 aromatic carbocycles. The van der Waals surface area contributed by atoms with Crippen molar-refractivity contribution in [3.8, 4) is 11.6 Å². The third kappa shape index (κ3) is 5.65. The molecule has 192 valence electrons. The van der Waals surface area contributed by atoms with Gasteiger partial charge >= 0.3 is 14.0 Å². The largest absolute Gasteiger partial charge is 0.471 e. The molecule has 17 heteroatoms. The Balaban J connectivity index is 1.59. The summed E-state index contributed by atoms with van der Waals surface area (Å²) in [4.78, 5) is 39.7. The zero-order valence-corrected chi connectivity index (χ0v) is 19.5. The van der Waals surface area contributed by atoms with Gasteiger partial charge in [0.05, 0.1) is 24.1 Å². The van der Waals surface area contributed by atoms with Gasteiger partial charge in [0, 0.05) is 12.1 Å². The highest BCUT2D eigenvalue weighted by molar-refractivity contribution is 7.46. The van der Waals surface area contributed by atoms with Crippen molar-refractivity contribution < 1.29 is 41.2 Å². The van der Waals surface area contributed by atoms with E-state index in [0.717, 1.165) is 18.5 Å². The molecule has 1 aliphatic rings. The summed E-state index contributed by atoms with van der Waals surface area (Å²) in [5.74, 6) is -1.83. The van der Waals surface area contributed by atoms with Crippen LogP contribution in [-0.2, 0) is 35.0 Å². The lowest BCUT2D eigenvalue weighted by Gasteiger charge is -2.30. The van der Waals surface area contributed by atoms with E-state index in [4.69, 9.17) is 26.1 Å². The Bertz CT molecular complexity index is 1420. The topological polar surface area (TPSA) is 140 Å². The molecule has 4 rings (SSSR count). The van der Waals surface area contributed by atoms with Crippen molar-refractivity contribution in [2.45, 2.75) is 25.9 Å². The van der Waals surface area contributed by atoms with Crippen LogP contribution >= 0.6 is 19.4 Å². The maximum Gasteiger partial charge on any atom is 0.471 e. The normalized spacial score (nSPS) is 14.0. The fraction of sp³-hybridized carbons (Fsp3) is 0.263. The summed E-state index contributed by atoms with van der Waals surface area (Å²) in [6.45, 7) is -0.549. The van der Waals surface area contributed by atoms with Gasteiger partial charge in [0.1, 0.15) is 28.5 Å². The standard InChI is InChI=1S/C19H15ClF4N5O6P/c20-16-14(6-27-29(18(16)30)9-34-36(31,32)33)28-4-3-11-13(7-28)25-8-26-17(11)35-15-2-1-10(21)5-12(15)19(22,23)24/h1-2,5-6,8H,3-4,7,9H2,(H2,31,32,33). The van der Waals surface area contributed by atoms with Gasteiger partial charge in [-0.2, -0.15) is 18.3 Å². The summed E-state index contributed by atoms with van der Waals surface area (Å²) >= 11 is 6.16. The predicted octanol–water partition coefficient (Wildman–Crippen LogP) is 3.27. The van der Waals surface area contributed by atoms with Crippen LogP contribution in [0.1, 0.15) is 16.8 Å². The highest BCUT2D eigenvalue weighted by atomic mass is 35.5. The van der Waals surface area contributed by atoms with Crippen LogP contribution in [0.25, 0.3) is 0 Å². The first-order valence-electron chi connectivity index (χ1n) is 9.91. The molecule has 2 N–H and O–H groups in total. The van der Waals surface area contributed by atoms with Crippen LogP contribution in [0.3, 0.4) is 0 Å². The lowest BCUT2D eigenvalue weighted by atomic mass is 10.1. The highest BCUT2D eigenvalue weighted by Gasteiger charge is 2.36. The van der Waals surface area contributed by atoms with E-state index >= 15 is 0 Å². The Morgan fingerprint density at radius 2 is 1.97 bits per heavy atom. The summed E-state index contributed by atoms with van der Waals surface area (Å²) in [5.41, 5.74) is -1.17. The number of hydrogen-bond acceptors (Lipinski definition) is 8. The minimum atomic E-state index is -4.86. The molecule has 0 fully saturated rings. The number of phosphoric acid groups is 1. The summed E-state index contributed by atoms with van der Waals surface area (Å²) < 4.78 is 74.6.